The summed E-state index contributed by atoms with van der Waals surface area (Å²) in [5.74, 6) is 1.28. The molecule has 1 atom stereocenters. The molecule has 0 saturated heterocycles. The van der Waals surface area contributed by atoms with Gasteiger partial charge in [0.25, 0.3) is 0 Å². The summed E-state index contributed by atoms with van der Waals surface area (Å²) < 4.78 is 36.4. The van der Waals surface area contributed by atoms with E-state index in [-0.39, 0.29) is 17.5 Å². The van der Waals surface area contributed by atoms with Gasteiger partial charge in [0.2, 0.25) is 0 Å². The number of ether oxygens (including phenoxy) is 2. The molecule has 3 rings (SSSR count). The van der Waals surface area contributed by atoms with Gasteiger partial charge in [0.15, 0.2) is 17.3 Å². The molecule has 2 N–H and O–H groups in total. The number of alkyl halides is 2. The molecule has 0 spiro atoms. The van der Waals surface area contributed by atoms with Crippen LogP contribution in [0.5, 0.6) is 11.5 Å². The highest BCUT2D eigenvalue weighted by molar-refractivity contribution is 6.30. The molecular weight excluding hydrogens is 500 g/mol. The van der Waals surface area contributed by atoms with E-state index >= 15 is 0 Å². The van der Waals surface area contributed by atoms with Crippen LogP contribution < -0.4 is 20.1 Å². The second kappa shape index (κ2) is 14.0. The predicted octanol–water partition coefficient (Wildman–Crippen LogP) is 7.43. The molecule has 0 aliphatic rings. The Hall–Kier alpha value is -3.90. The summed E-state index contributed by atoms with van der Waals surface area (Å²) >= 11 is 6.17. The largest absolute Gasteiger partial charge is 0.489 e. The Morgan fingerprint density at radius 3 is 2.70 bits per heavy atom. The van der Waals surface area contributed by atoms with Crippen LogP contribution in [0.25, 0.3) is 6.08 Å². The van der Waals surface area contributed by atoms with Crippen LogP contribution in [0, 0.1) is 11.3 Å². The number of aromatic nitrogens is 2. The van der Waals surface area contributed by atoms with Crippen molar-refractivity contribution in [1.29, 1.82) is 5.26 Å². The van der Waals surface area contributed by atoms with Gasteiger partial charge in [0.05, 0.1) is 22.9 Å². The molecule has 3 aromatic rings. The fraction of sp³-hybridized carbons (Fsp3) is 0.296. The Morgan fingerprint density at radius 2 is 2.00 bits per heavy atom. The van der Waals surface area contributed by atoms with Gasteiger partial charge in [-0.25, -0.2) is 9.97 Å². The van der Waals surface area contributed by atoms with Crippen molar-refractivity contribution in [3.05, 3.63) is 71.0 Å². The zero-order valence-electron chi connectivity index (χ0n) is 20.5. The number of hydrogen-bond donors (Lipinski definition) is 2. The number of hydrogen-bond acceptors (Lipinski definition) is 7. The smallest absolute Gasteiger partial charge is 0.387 e. The molecule has 7 nitrogen and oxygen atoms in total. The molecule has 10 heteroatoms. The molecule has 2 heterocycles. The van der Waals surface area contributed by atoms with Crippen LogP contribution in [-0.4, -0.2) is 29.2 Å². The maximum Gasteiger partial charge on any atom is 0.387 e. The van der Waals surface area contributed by atoms with Crippen molar-refractivity contribution in [1.82, 2.24) is 9.97 Å². The van der Waals surface area contributed by atoms with Crippen LogP contribution in [0.3, 0.4) is 0 Å². The van der Waals surface area contributed by atoms with Gasteiger partial charge in [-0.2, -0.15) is 14.0 Å². The SMILES string of the molecule is CCCCCOc1c(/C=C/C(C)Nc2cc(Cl)cnc2Nc2ccc(C#N)cn2)cccc1OC(F)F. The third-order valence-corrected chi connectivity index (χ3v) is 5.37. The molecule has 0 saturated carbocycles. The second-order valence-corrected chi connectivity index (χ2v) is 8.56. The standard InChI is InChI=1S/C27H28ClF2N5O2/c1-3-4-5-13-36-25-20(7-6-8-23(25)37-27(29)30)11-9-18(2)34-22-14-21(28)17-33-26(22)35-24-12-10-19(15-31)16-32-24/h6-12,14,16-18,27,34H,3-5,13H2,1-2H3,(H,32,33,35)/b11-9+. The highest BCUT2D eigenvalue weighted by Crippen LogP contribution is 2.34. The third kappa shape index (κ3) is 8.62. The monoisotopic (exact) mass is 527 g/mol. The summed E-state index contributed by atoms with van der Waals surface area (Å²) in [7, 11) is 0. The lowest BCUT2D eigenvalue weighted by Gasteiger charge is -2.17. The Bertz CT molecular complexity index is 1230. The second-order valence-electron chi connectivity index (χ2n) is 8.12. The summed E-state index contributed by atoms with van der Waals surface area (Å²) in [5, 5.41) is 15.8. The molecule has 194 valence electrons. The molecule has 1 unspecified atom stereocenters. The van der Waals surface area contributed by atoms with Crippen LogP contribution in [0.2, 0.25) is 5.02 Å². The minimum atomic E-state index is -2.95. The van der Waals surface area contributed by atoms with Crippen molar-refractivity contribution in [2.45, 2.75) is 45.8 Å². The van der Waals surface area contributed by atoms with E-state index in [1.807, 2.05) is 19.1 Å². The first-order valence-corrected chi connectivity index (χ1v) is 12.2. The zero-order chi connectivity index (χ0) is 26.6. The van der Waals surface area contributed by atoms with Crippen LogP contribution in [0.15, 0.2) is 54.9 Å². The number of halogens is 3. The predicted molar refractivity (Wildman–Crippen MR) is 142 cm³/mol. The lowest BCUT2D eigenvalue weighted by molar-refractivity contribution is -0.0515. The highest BCUT2D eigenvalue weighted by Gasteiger charge is 2.14. The molecule has 37 heavy (non-hydrogen) atoms. The van der Waals surface area contributed by atoms with Crippen LogP contribution in [0.1, 0.15) is 44.2 Å². The normalized spacial score (nSPS) is 11.8. The number of nitrogens with zero attached hydrogens (tertiary/aromatic N) is 3. The molecule has 0 fully saturated rings. The van der Waals surface area contributed by atoms with Gasteiger partial charge < -0.3 is 20.1 Å². The Balaban J connectivity index is 1.77. The molecule has 1 aromatic carbocycles. The average molecular weight is 528 g/mol. The molecule has 0 amide bonds. The number of benzene rings is 1. The fourth-order valence-electron chi connectivity index (χ4n) is 3.38. The zero-order valence-corrected chi connectivity index (χ0v) is 21.3. The van der Waals surface area contributed by atoms with E-state index in [9.17, 15) is 8.78 Å². The van der Waals surface area contributed by atoms with E-state index in [2.05, 4.69) is 32.3 Å². The number of para-hydroxylation sites is 1. The molecule has 0 aliphatic heterocycles. The van der Waals surface area contributed by atoms with Gasteiger partial charge in [0, 0.05) is 24.0 Å². The van der Waals surface area contributed by atoms with Crippen molar-refractivity contribution in [3.63, 3.8) is 0 Å². The van der Waals surface area contributed by atoms with Crippen molar-refractivity contribution in [2.75, 3.05) is 17.2 Å². The summed E-state index contributed by atoms with van der Waals surface area (Å²) in [6.07, 6.45) is 9.44. The lowest BCUT2D eigenvalue weighted by Crippen LogP contribution is -2.14. The Kier molecular flexibility index (Phi) is 10.5. The minimum Gasteiger partial charge on any atom is -0.489 e. The number of unbranched alkanes of at least 4 members (excludes halogenated alkanes) is 2. The van der Waals surface area contributed by atoms with Gasteiger partial charge in [-0.3, -0.25) is 0 Å². The first kappa shape index (κ1) is 27.7. The number of anilines is 3. The first-order valence-electron chi connectivity index (χ1n) is 11.8. The first-order chi connectivity index (χ1) is 17.9. The Morgan fingerprint density at radius 1 is 1.16 bits per heavy atom. The number of nitriles is 1. The van der Waals surface area contributed by atoms with Crippen LogP contribution >= 0.6 is 11.6 Å². The van der Waals surface area contributed by atoms with E-state index in [1.165, 1.54) is 18.5 Å². The number of nitrogens with one attached hydrogen (secondary N) is 2. The summed E-state index contributed by atoms with van der Waals surface area (Å²) in [6, 6.07) is 11.8. The topological polar surface area (TPSA) is 92.1 Å². The summed E-state index contributed by atoms with van der Waals surface area (Å²) in [5.41, 5.74) is 1.69. The maximum atomic E-state index is 12.9. The van der Waals surface area contributed by atoms with Gasteiger partial charge >= 0.3 is 6.61 Å². The van der Waals surface area contributed by atoms with Gasteiger partial charge in [-0.15, -0.1) is 0 Å². The van der Waals surface area contributed by atoms with Crippen molar-refractivity contribution in [3.8, 4) is 17.6 Å². The lowest BCUT2D eigenvalue weighted by atomic mass is 10.1. The van der Waals surface area contributed by atoms with E-state index in [1.54, 1.807) is 36.4 Å². The van der Waals surface area contributed by atoms with Gasteiger partial charge in [-0.05, 0) is 37.6 Å². The Labute approximate surface area is 220 Å². The fourth-order valence-corrected chi connectivity index (χ4v) is 3.54. The minimum absolute atomic E-state index is 0.00490. The van der Waals surface area contributed by atoms with E-state index < -0.39 is 6.61 Å². The number of rotatable bonds is 13. The highest BCUT2D eigenvalue weighted by atomic mass is 35.5. The van der Waals surface area contributed by atoms with Crippen molar-refractivity contribution in [2.24, 2.45) is 0 Å². The number of pyridine rings is 2. The van der Waals surface area contributed by atoms with Crippen LogP contribution in [-0.2, 0) is 0 Å². The van der Waals surface area contributed by atoms with E-state index in [0.717, 1.165) is 19.3 Å². The van der Waals surface area contributed by atoms with E-state index in [0.29, 0.717) is 40.1 Å². The summed E-state index contributed by atoms with van der Waals surface area (Å²) in [4.78, 5) is 8.56. The summed E-state index contributed by atoms with van der Waals surface area (Å²) in [6.45, 7) is 1.44. The van der Waals surface area contributed by atoms with E-state index in [4.69, 9.17) is 21.6 Å². The molecule has 0 aliphatic carbocycles. The third-order valence-electron chi connectivity index (χ3n) is 5.16. The van der Waals surface area contributed by atoms with Gasteiger partial charge in [0.1, 0.15) is 11.9 Å². The molecule has 0 radical (unpaired) electrons. The molecule has 0 bridgehead atoms. The van der Waals surface area contributed by atoms with Crippen molar-refractivity contribution < 1.29 is 18.3 Å². The molecule has 2 aromatic heterocycles. The van der Waals surface area contributed by atoms with Gasteiger partial charge in [-0.1, -0.05) is 55.7 Å². The average Bonchev–Trinajstić information content (AvgIpc) is 2.88. The quantitative estimate of drug-likeness (QED) is 0.223. The maximum absolute atomic E-state index is 12.9. The van der Waals surface area contributed by atoms with Crippen molar-refractivity contribution >= 4 is 35.0 Å². The molecular formula is C27H28ClF2N5O2. The van der Waals surface area contributed by atoms with Crippen LogP contribution in [0.4, 0.5) is 26.1 Å².